The number of esters is 1. The van der Waals surface area contributed by atoms with Crippen LogP contribution in [0.5, 0.6) is 0 Å². The molecular formula is C14H17BrO3. The van der Waals surface area contributed by atoms with E-state index in [9.17, 15) is 9.59 Å². The first kappa shape index (κ1) is 14.9. The summed E-state index contributed by atoms with van der Waals surface area (Å²) in [5.74, 6) is -0.153. The van der Waals surface area contributed by atoms with Gasteiger partial charge in [-0.2, -0.15) is 0 Å². The van der Waals surface area contributed by atoms with Crippen molar-refractivity contribution in [2.45, 2.75) is 26.7 Å². The first-order valence-electron chi connectivity index (χ1n) is 5.88. The molecule has 0 heterocycles. The molecule has 0 N–H and O–H groups in total. The topological polar surface area (TPSA) is 43.4 Å². The Bertz CT molecular complexity index is 441. The fraction of sp³-hybridized carbons (Fsp3) is 0.429. The third kappa shape index (κ3) is 4.61. The predicted octanol–water partition coefficient (Wildman–Crippen LogP) is 2.61. The van der Waals surface area contributed by atoms with E-state index in [1.165, 1.54) is 0 Å². The van der Waals surface area contributed by atoms with Crippen LogP contribution in [0.15, 0.2) is 18.2 Å². The zero-order valence-electron chi connectivity index (χ0n) is 10.7. The fourth-order valence-electron chi connectivity index (χ4n) is 1.72. The molecule has 0 radical (unpaired) electrons. The standard InChI is InChI=1S/C14H17BrO3/c1-3-18-14(17)8-11-5-4-10(2)6-12(11)7-13(16)9-15/h4-6H,3,7-9H2,1-2H3. The summed E-state index contributed by atoms with van der Waals surface area (Å²) >= 11 is 3.15. The van der Waals surface area contributed by atoms with Crippen molar-refractivity contribution in [3.05, 3.63) is 34.9 Å². The van der Waals surface area contributed by atoms with Crippen LogP contribution in [0.25, 0.3) is 0 Å². The highest BCUT2D eigenvalue weighted by molar-refractivity contribution is 9.09. The quantitative estimate of drug-likeness (QED) is 0.599. The summed E-state index contributed by atoms with van der Waals surface area (Å²) in [4.78, 5) is 23.0. The molecule has 0 aliphatic carbocycles. The summed E-state index contributed by atoms with van der Waals surface area (Å²) in [5.41, 5.74) is 2.86. The summed E-state index contributed by atoms with van der Waals surface area (Å²) in [6.45, 7) is 4.12. The number of hydrogen-bond donors (Lipinski definition) is 0. The largest absolute Gasteiger partial charge is 0.466 e. The molecule has 0 aliphatic heterocycles. The molecule has 0 saturated carbocycles. The van der Waals surface area contributed by atoms with E-state index in [1.807, 2.05) is 25.1 Å². The highest BCUT2D eigenvalue weighted by Crippen LogP contribution is 2.14. The van der Waals surface area contributed by atoms with Crippen molar-refractivity contribution in [3.63, 3.8) is 0 Å². The number of hydrogen-bond acceptors (Lipinski definition) is 3. The average molecular weight is 313 g/mol. The molecule has 0 spiro atoms. The van der Waals surface area contributed by atoms with Crippen molar-refractivity contribution in [2.75, 3.05) is 11.9 Å². The van der Waals surface area contributed by atoms with Gasteiger partial charge in [-0.15, -0.1) is 0 Å². The Balaban J connectivity index is 2.89. The van der Waals surface area contributed by atoms with Gasteiger partial charge in [-0.05, 0) is 25.0 Å². The van der Waals surface area contributed by atoms with E-state index in [-0.39, 0.29) is 18.2 Å². The third-order valence-electron chi connectivity index (χ3n) is 2.54. The Morgan fingerprint density at radius 3 is 2.56 bits per heavy atom. The number of aryl methyl sites for hydroxylation is 1. The number of ketones is 1. The minimum absolute atomic E-state index is 0.103. The molecule has 18 heavy (non-hydrogen) atoms. The molecule has 0 fully saturated rings. The monoisotopic (exact) mass is 312 g/mol. The van der Waals surface area contributed by atoms with Crippen molar-refractivity contribution >= 4 is 27.7 Å². The maximum absolute atomic E-state index is 11.5. The Labute approximate surface area is 116 Å². The van der Waals surface area contributed by atoms with Gasteiger partial charge in [0.05, 0.1) is 18.4 Å². The van der Waals surface area contributed by atoms with Gasteiger partial charge in [-0.3, -0.25) is 9.59 Å². The van der Waals surface area contributed by atoms with Gasteiger partial charge in [-0.25, -0.2) is 0 Å². The van der Waals surface area contributed by atoms with E-state index in [4.69, 9.17) is 4.74 Å². The number of rotatable bonds is 6. The van der Waals surface area contributed by atoms with Gasteiger partial charge in [0.25, 0.3) is 0 Å². The van der Waals surface area contributed by atoms with E-state index in [0.29, 0.717) is 18.4 Å². The lowest BCUT2D eigenvalue weighted by molar-refractivity contribution is -0.142. The Morgan fingerprint density at radius 2 is 1.94 bits per heavy atom. The second-order valence-electron chi connectivity index (χ2n) is 4.10. The molecule has 1 rings (SSSR count). The normalized spacial score (nSPS) is 10.2. The van der Waals surface area contributed by atoms with Crippen LogP contribution >= 0.6 is 15.9 Å². The van der Waals surface area contributed by atoms with Crippen molar-refractivity contribution in [3.8, 4) is 0 Å². The second-order valence-corrected chi connectivity index (χ2v) is 4.66. The van der Waals surface area contributed by atoms with Crippen LogP contribution < -0.4 is 0 Å². The molecule has 1 aromatic carbocycles. The van der Waals surface area contributed by atoms with E-state index in [0.717, 1.165) is 16.7 Å². The van der Waals surface area contributed by atoms with E-state index >= 15 is 0 Å². The molecule has 0 bridgehead atoms. The molecule has 0 saturated heterocycles. The van der Waals surface area contributed by atoms with E-state index in [2.05, 4.69) is 15.9 Å². The first-order valence-corrected chi connectivity index (χ1v) is 7.00. The average Bonchev–Trinajstić information content (AvgIpc) is 2.33. The van der Waals surface area contributed by atoms with E-state index in [1.54, 1.807) is 6.92 Å². The maximum Gasteiger partial charge on any atom is 0.310 e. The van der Waals surface area contributed by atoms with E-state index < -0.39 is 0 Å². The van der Waals surface area contributed by atoms with Crippen LogP contribution in [-0.2, 0) is 27.2 Å². The molecule has 0 unspecified atom stereocenters. The van der Waals surface area contributed by atoms with Gasteiger partial charge in [0.15, 0.2) is 0 Å². The highest BCUT2D eigenvalue weighted by atomic mass is 79.9. The summed E-state index contributed by atoms with van der Waals surface area (Å²) in [5, 5.41) is 0.333. The molecule has 0 aromatic heterocycles. The Hall–Kier alpha value is -1.16. The van der Waals surface area contributed by atoms with Crippen molar-refractivity contribution in [1.29, 1.82) is 0 Å². The second kappa shape index (κ2) is 7.31. The van der Waals surface area contributed by atoms with Crippen LogP contribution in [0.4, 0.5) is 0 Å². The van der Waals surface area contributed by atoms with Gasteiger partial charge in [0, 0.05) is 6.42 Å². The zero-order valence-corrected chi connectivity index (χ0v) is 12.2. The maximum atomic E-state index is 11.5. The molecule has 3 nitrogen and oxygen atoms in total. The molecule has 0 amide bonds. The molecule has 4 heteroatoms. The SMILES string of the molecule is CCOC(=O)Cc1ccc(C)cc1CC(=O)CBr. The predicted molar refractivity (Wildman–Crippen MR) is 74.0 cm³/mol. The van der Waals surface area contributed by atoms with Gasteiger partial charge in [0.1, 0.15) is 5.78 Å². The molecule has 0 atom stereocenters. The minimum Gasteiger partial charge on any atom is -0.466 e. The van der Waals surface area contributed by atoms with Crippen molar-refractivity contribution in [1.82, 2.24) is 0 Å². The summed E-state index contributed by atoms with van der Waals surface area (Å²) < 4.78 is 4.93. The van der Waals surface area contributed by atoms with Crippen LogP contribution in [0, 0.1) is 6.92 Å². The lowest BCUT2D eigenvalue weighted by Crippen LogP contribution is -2.12. The zero-order chi connectivity index (χ0) is 13.5. The molecule has 98 valence electrons. The number of carbonyl (C=O) groups excluding carboxylic acids is 2. The molecule has 0 aliphatic rings. The number of alkyl halides is 1. The molecule has 1 aromatic rings. The number of Topliss-reactive ketones (excluding diaryl/α,β-unsaturated/α-hetero) is 1. The summed E-state index contributed by atoms with van der Waals surface area (Å²) in [7, 11) is 0. The first-order chi connectivity index (χ1) is 8.56. The van der Waals surface area contributed by atoms with Crippen molar-refractivity contribution < 1.29 is 14.3 Å². The third-order valence-corrected chi connectivity index (χ3v) is 3.16. The summed E-state index contributed by atoms with van der Waals surface area (Å²) in [6, 6.07) is 5.79. The lowest BCUT2D eigenvalue weighted by atomic mass is 9.98. The van der Waals surface area contributed by atoms with Crippen LogP contribution in [0.2, 0.25) is 0 Å². The smallest absolute Gasteiger partial charge is 0.310 e. The van der Waals surface area contributed by atoms with Gasteiger partial charge >= 0.3 is 5.97 Å². The van der Waals surface area contributed by atoms with Crippen molar-refractivity contribution in [2.24, 2.45) is 0 Å². The minimum atomic E-state index is -0.256. The number of halogens is 1. The van der Waals surface area contributed by atoms with Crippen LogP contribution in [-0.4, -0.2) is 23.7 Å². The van der Waals surface area contributed by atoms with Gasteiger partial charge in [0.2, 0.25) is 0 Å². The number of ether oxygens (including phenoxy) is 1. The Kier molecular flexibility index (Phi) is 6.05. The van der Waals surface area contributed by atoms with Crippen LogP contribution in [0.1, 0.15) is 23.6 Å². The van der Waals surface area contributed by atoms with Crippen LogP contribution in [0.3, 0.4) is 0 Å². The van der Waals surface area contributed by atoms with Gasteiger partial charge in [-0.1, -0.05) is 39.7 Å². The highest BCUT2D eigenvalue weighted by Gasteiger charge is 2.11. The lowest BCUT2D eigenvalue weighted by Gasteiger charge is -2.09. The summed E-state index contributed by atoms with van der Waals surface area (Å²) in [6.07, 6.45) is 0.570. The number of benzene rings is 1. The molecular weight excluding hydrogens is 296 g/mol. The fourth-order valence-corrected chi connectivity index (χ4v) is 1.92. The number of carbonyl (C=O) groups is 2. The van der Waals surface area contributed by atoms with Gasteiger partial charge < -0.3 is 4.74 Å². The Morgan fingerprint density at radius 1 is 1.22 bits per heavy atom.